The van der Waals surface area contributed by atoms with Gasteiger partial charge in [-0.25, -0.2) is 9.79 Å². The number of methoxy groups -OCH3 is 1. The van der Waals surface area contributed by atoms with E-state index < -0.39 is 22.5 Å². The Morgan fingerprint density at radius 2 is 1.83 bits per heavy atom. The summed E-state index contributed by atoms with van der Waals surface area (Å²) in [5, 5.41) is 11.6. The lowest BCUT2D eigenvalue weighted by Crippen LogP contribution is -2.40. The Morgan fingerprint density at radius 3 is 2.55 bits per heavy atom. The number of carbonyl (C=O) groups excluding carboxylic acids is 1. The van der Waals surface area contributed by atoms with Crippen LogP contribution < -0.4 is 24.4 Å². The summed E-state index contributed by atoms with van der Waals surface area (Å²) in [5.74, 6) is 0.315. The molecule has 2 heterocycles. The third kappa shape index (κ3) is 5.59. The minimum Gasteiger partial charge on any atom is -0.493 e. The Hall–Kier alpha value is -5.03. The highest BCUT2D eigenvalue weighted by atomic mass is 32.1. The zero-order valence-electron chi connectivity index (χ0n) is 23.1. The number of nitro groups is 1. The van der Waals surface area contributed by atoms with E-state index in [4.69, 9.17) is 14.2 Å². The minimum atomic E-state index is -0.884. The molecule has 0 bridgehead atoms. The molecule has 42 heavy (non-hydrogen) atoms. The molecular formula is C31H27N3O7S. The van der Waals surface area contributed by atoms with Crippen LogP contribution in [0.1, 0.15) is 36.6 Å². The van der Waals surface area contributed by atoms with E-state index >= 15 is 0 Å². The van der Waals surface area contributed by atoms with E-state index in [1.165, 1.54) is 23.8 Å². The van der Waals surface area contributed by atoms with Crippen molar-refractivity contribution in [1.29, 1.82) is 0 Å². The number of hydrogen-bond donors (Lipinski definition) is 0. The van der Waals surface area contributed by atoms with Crippen molar-refractivity contribution < 1.29 is 23.9 Å². The number of aromatic nitrogens is 1. The lowest BCUT2D eigenvalue weighted by atomic mass is 9.95. The molecule has 3 aromatic carbocycles. The topological polar surface area (TPSA) is 122 Å². The molecule has 1 unspecified atom stereocenters. The Kier molecular flexibility index (Phi) is 8.30. The third-order valence-corrected chi connectivity index (χ3v) is 7.66. The maximum Gasteiger partial charge on any atom is 0.338 e. The number of esters is 1. The molecule has 1 atom stereocenters. The van der Waals surface area contributed by atoms with Crippen molar-refractivity contribution in [2.75, 3.05) is 13.7 Å². The maximum absolute atomic E-state index is 13.9. The first-order valence-corrected chi connectivity index (χ1v) is 13.9. The normalized spacial score (nSPS) is 14.6. The van der Waals surface area contributed by atoms with Gasteiger partial charge in [0.05, 0.1) is 46.0 Å². The molecule has 5 rings (SSSR count). The van der Waals surface area contributed by atoms with Gasteiger partial charge in [0, 0.05) is 6.07 Å². The van der Waals surface area contributed by atoms with Gasteiger partial charge in [-0.15, -0.1) is 0 Å². The lowest BCUT2D eigenvalue weighted by Gasteiger charge is -2.25. The third-order valence-electron chi connectivity index (χ3n) is 6.68. The summed E-state index contributed by atoms with van der Waals surface area (Å²) >= 11 is 1.09. The molecule has 1 aromatic heterocycles. The van der Waals surface area contributed by atoms with Crippen molar-refractivity contribution in [3.05, 3.63) is 131 Å². The van der Waals surface area contributed by atoms with Crippen LogP contribution in [-0.2, 0) is 16.1 Å². The Morgan fingerprint density at radius 1 is 1.10 bits per heavy atom. The molecule has 1 aliphatic heterocycles. The number of hydrogen-bond acceptors (Lipinski definition) is 9. The molecule has 11 heteroatoms. The molecule has 0 spiro atoms. The Bertz CT molecular complexity index is 1880. The van der Waals surface area contributed by atoms with E-state index in [0.717, 1.165) is 16.9 Å². The predicted molar refractivity (Wildman–Crippen MR) is 157 cm³/mol. The fourth-order valence-electron chi connectivity index (χ4n) is 4.73. The monoisotopic (exact) mass is 585 g/mol. The molecule has 4 aromatic rings. The van der Waals surface area contributed by atoms with Crippen LogP contribution in [-0.4, -0.2) is 29.2 Å². The zero-order chi connectivity index (χ0) is 29.8. The van der Waals surface area contributed by atoms with E-state index in [-0.39, 0.29) is 28.0 Å². The van der Waals surface area contributed by atoms with Crippen molar-refractivity contribution in [1.82, 2.24) is 4.57 Å². The van der Waals surface area contributed by atoms with Gasteiger partial charge >= 0.3 is 5.97 Å². The summed E-state index contributed by atoms with van der Waals surface area (Å²) in [6, 6.07) is 20.2. The van der Waals surface area contributed by atoms with Gasteiger partial charge in [0.1, 0.15) is 6.61 Å². The van der Waals surface area contributed by atoms with Gasteiger partial charge in [-0.2, -0.15) is 0 Å². The average molecular weight is 586 g/mol. The smallest absolute Gasteiger partial charge is 0.338 e. The number of fused-ring (bicyclic) bond motifs is 1. The summed E-state index contributed by atoms with van der Waals surface area (Å²) in [5.41, 5.74) is 1.89. The number of nitro benzene ring substituents is 1. The first-order chi connectivity index (χ1) is 20.3. The van der Waals surface area contributed by atoms with Gasteiger partial charge in [-0.05, 0) is 49.2 Å². The van der Waals surface area contributed by atoms with Crippen LogP contribution in [0, 0.1) is 10.1 Å². The Balaban J connectivity index is 1.64. The summed E-state index contributed by atoms with van der Waals surface area (Å²) in [4.78, 5) is 43.1. The molecule has 1 aliphatic rings. The fourth-order valence-corrected chi connectivity index (χ4v) is 5.77. The van der Waals surface area contributed by atoms with Crippen LogP contribution in [0.5, 0.6) is 11.5 Å². The molecule has 0 N–H and O–H groups in total. The second-order valence-electron chi connectivity index (χ2n) is 9.30. The van der Waals surface area contributed by atoms with Crippen LogP contribution in [0.3, 0.4) is 0 Å². The van der Waals surface area contributed by atoms with Crippen molar-refractivity contribution >= 4 is 29.1 Å². The van der Waals surface area contributed by atoms with E-state index in [1.807, 2.05) is 30.3 Å². The molecular weight excluding hydrogens is 558 g/mol. The molecule has 0 aliphatic carbocycles. The molecule has 0 saturated carbocycles. The number of carbonyl (C=O) groups is 1. The highest BCUT2D eigenvalue weighted by Crippen LogP contribution is 2.36. The van der Waals surface area contributed by atoms with Gasteiger partial charge in [0.2, 0.25) is 0 Å². The van der Waals surface area contributed by atoms with Gasteiger partial charge in [0.25, 0.3) is 11.2 Å². The predicted octanol–water partition coefficient (Wildman–Crippen LogP) is 4.29. The van der Waals surface area contributed by atoms with Crippen molar-refractivity contribution in [2.45, 2.75) is 26.5 Å². The first-order valence-electron chi connectivity index (χ1n) is 13.1. The van der Waals surface area contributed by atoms with Crippen LogP contribution in [0.15, 0.2) is 93.9 Å². The quantitative estimate of drug-likeness (QED) is 0.163. The van der Waals surface area contributed by atoms with Crippen LogP contribution >= 0.6 is 11.3 Å². The minimum absolute atomic E-state index is 0.126. The van der Waals surface area contributed by atoms with Gasteiger partial charge in [-0.3, -0.25) is 19.5 Å². The summed E-state index contributed by atoms with van der Waals surface area (Å²) in [6.07, 6.45) is 1.48. The second-order valence-corrected chi connectivity index (χ2v) is 10.3. The van der Waals surface area contributed by atoms with E-state index in [9.17, 15) is 19.7 Å². The average Bonchev–Trinajstić information content (AvgIpc) is 3.29. The van der Waals surface area contributed by atoms with Gasteiger partial charge in [-0.1, -0.05) is 59.9 Å². The SMILES string of the molecule is CCOC(=O)C1=C(C)N=c2sc(=Cc3ccccc3[N+](=O)[O-])c(=O)n2C1c1ccc(OCc2ccccc2)c(OC)c1. The number of benzene rings is 3. The zero-order valence-corrected chi connectivity index (χ0v) is 23.9. The number of rotatable bonds is 9. The molecule has 10 nitrogen and oxygen atoms in total. The van der Waals surface area contributed by atoms with Crippen molar-refractivity contribution in [3.8, 4) is 11.5 Å². The van der Waals surface area contributed by atoms with Crippen molar-refractivity contribution in [2.24, 2.45) is 4.99 Å². The molecule has 0 fully saturated rings. The van der Waals surface area contributed by atoms with Crippen molar-refractivity contribution in [3.63, 3.8) is 0 Å². The largest absolute Gasteiger partial charge is 0.493 e. The van der Waals surface area contributed by atoms with E-state index in [2.05, 4.69) is 4.99 Å². The summed E-state index contributed by atoms with van der Waals surface area (Å²) in [7, 11) is 1.51. The molecule has 0 amide bonds. The maximum atomic E-state index is 13.9. The summed E-state index contributed by atoms with van der Waals surface area (Å²) in [6.45, 7) is 3.85. The van der Waals surface area contributed by atoms with Gasteiger partial charge < -0.3 is 14.2 Å². The van der Waals surface area contributed by atoms with E-state index in [1.54, 1.807) is 50.2 Å². The number of nitrogens with zero attached hydrogens (tertiary/aromatic N) is 3. The highest BCUT2D eigenvalue weighted by Gasteiger charge is 2.34. The van der Waals surface area contributed by atoms with Crippen LogP contribution in [0.2, 0.25) is 0 Å². The second kappa shape index (κ2) is 12.2. The van der Waals surface area contributed by atoms with Gasteiger partial charge in [0.15, 0.2) is 16.3 Å². The number of allylic oxidation sites excluding steroid dienone is 1. The molecule has 0 radical (unpaired) electrons. The standard InChI is InChI=1S/C31H27N3O7S/c1-4-40-30(36)27-19(2)32-31-33(29(35)26(42-31)17-21-12-8-9-13-23(21)34(37)38)28(27)22-14-15-24(25(16-22)39-3)41-18-20-10-6-5-7-11-20/h5-17,28H,4,18H2,1-3H3. The summed E-state index contributed by atoms with van der Waals surface area (Å²) < 4.78 is 18.7. The number of thiazole rings is 1. The van der Waals surface area contributed by atoms with E-state index in [0.29, 0.717) is 34.2 Å². The lowest BCUT2D eigenvalue weighted by molar-refractivity contribution is -0.385. The number of para-hydroxylation sites is 1. The molecule has 214 valence electrons. The first kappa shape index (κ1) is 28.5. The van der Waals surface area contributed by atoms with Crippen LogP contribution in [0.4, 0.5) is 5.69 Å². The fraction of sp³-hybridized carbons (Fsp3) is 0.194. The van der Waals surface area contributed by atoms with Crippen LogP contribution in [0.25, 0.3) is 6.08 Å². The Labute approximate surface area is 244 Å². The highest BCUT2D eigenvalue weighted by molar-refractivity contribution is 7.07. The molecule has 0 saturated heterocycles. The number of ether oxygens (including phenoxy) is 3.